The van der Waals surface area contributed by atoms with Crippen LogP contribution in [0.1, 0.15) is 28.4 Å². The Labute approximate surface area is 152 Å². The predicted octanol–water partition coefficient (Wildman–Crippen LogP) is 4.28. The largest absolute Gasteiger partial charge is 0.466 e. The smallest absolute Gasteiger partial charge is 0.339 e. The average molecular weight is 358 g/mol. The van der Waals surface area contributed by atoms with Gasteiger partial charge < -0.3 is 9.47 Å². The Morgan fingerprint density at radius 3 is 2.40 bits per heavy atom. The molecule has 0 aliphatic rings. The number of rotatable bonds is 6. The van der Waals surface area contributed by atoms with Crippen molar-refractivity contribution >= 4 is 23.7 Å². The standard InChI is InChI=1S/C20H22O4S/c1-5-24-18(21)12-15-13(2)19(20(22)23-3)17(25-4)11-16(15)14-9-7-6-8-10-14/h6-11H,5,12H2,1-4H3. The maximum Gasteiger partial charge on any atom is 0.339 e. The first kappa shape index (κ1) is 19.1. The molecule has 0 N–H and O–H groups in total. The Hall–Kier alpha value is -2.27. The highest BCUT2D eigenvalue weighted by atomic mass is 32.2. The van der Waals surface area contributed by atoms with Gasteiger partial charge in [-0.1, -0.05) is 30.3 Å². The lowest BCUT2D eigenvalue weighted by Gasteiger charge is -2.18. The summed E-state index contributed by atoms with van der Waals surface area (Å²) in [6.07, 6.45) is 2.03. The van der Waals surface area contributed by atoms with E-state index in [4.69, 9.17) is 9.47 Å². The Bertz CT molecular complexity index is 769. The fraction of sp³-hybridized carbons (Fsp3) is 0.300. The molecule has 0 saturated carbocycles. The van der Waals surface area contributed by atoms with E-state index in [0.29, 0.717) is 12.2 Å². The molecule has 2 rings (SSSR count). The lowest BCUT2D eigenvalue weighted by Crippen LogP contribution is -2.14. The SMILES string of the molecule is CCOC(=O)Cc1c(-c2ccccc2)cc(SC)c(C(=O)OC)c1C. The third kappa shape index (κ3) is 4.23. The minimum absolute atomic E-state index is 0.114. The van der Waals surface area contributed by atoms with Crippen molar-refractivity contribution in [3.63, 3.8) is 0 Å². The third-order valence-electron chi connectivity index (χ3n) is 4.00. The maximum atomic E-state index is 12.3. The Morgan fingerprint density at radius 1 is 1.16 bits per heavy atom. The fourth-order valence-corrected chi connectivity index (χ4v) is 3.48. The highest BCUT2D eigenvalue weighted by Crippen LogP contribution is 2.35. The molecule has 0 unspecified atom stereocenters. The number of carbonyl (C=O) groups is 2. The van der Waals surface area contributed by atoms with Crippen molar-refractivity contribution in [3.8, 4) is 11.1 Å². The number of carbonyl (C=O) groups excluding carboxylic acids is 2. The van der Waals surface area contributed by atoms with E-state index in [1.54, 1.807) is 6.92 Å². The fourth-order valence-electron chi connectivity index (χ4n) is 2.80. The van der Waals surface area contributed by atoms with Crippen LogP contribution in [0.25, 0.3) is 11.1 Å². The first-order chi connectivity index (χ1) is 12.0. The van der Waals surface area contributed by atoms with Gasteiger partial charge in [-0.3, -0.25) is 4.79 Å². The van der Waals surface area contributed by atoms with Crippen LogP contribution in [-0.4, -0.2) is 31.9 Å². The van der Waals surface area contributed by atoms with Gasteiger partial charge in [-0.05, 0) is 48.4 Å². The quantitative estimate of drug-likeness (QED) is 0.570. The van der Waals surface area contributed by atoms with Crippen molar-refractivity contribution in [2.24, 2.45) is 0 Å². The molecule has 0 bridgehead atoms. The summed E-state index contributed by atoms with van der Waals surface area (Å²) in [7, 11) is 1.36. The van der Waals surface area contributed by atoms with E-state index in [1.807, 2.05) is 49.6 Å². The molecule has 0 aliphatic carbocycles. The van der Waals surface area contributed by atoms with Gasteiger partial charge in [-0.2, -0.15) is 0 Å². The lowest BCUT2D eigenvalue weighted by atomic mass is 9.90. The lowest BCUT2D eigenvalue weighted by molar-refractivity contribution is -0.142. The first-order valence-corrected chi connectivity index (χ1v) is 9.25. The summed E-state index contributed by atoms with van der Waals surface area (Å²) in [5.41, 5.74) is 3.99. The van der Waals surface area contributed by atoms with Crippen LogP contribution >= 0.6 is 11.8 Å². The van der Waals surface area contributed by atoms with E-state index >= 15 is 0 Å². The summed E-state index contributed by atoms with van der Waals surface area (Å²) in [5, 5.41) is 0. The van der Waals surface area contributed by atoms with Crippen LogP contribution in [0, 0.1) is 6.92 Å². The number of thioether (sulfide) groups is 1. The molecule has 5 heteroatoms. The summed E-state index contributed by atoms with van der Waals surface area (Å²) in [5.74, 6) is -0.706. The Balaban J connectivity index is 2.70. The summed E-state index contributed by atoms with van der Waals surface area (Å²) in [6, 6.07) is 11.8. The van der Waals surface area contributed by atoms with E-state index in [2.05, 4.69) is 0 Å². The Morgan fingerprint density at radius 2 is 1.84 bits per heavy atom. The summed E-state index contributed by atoms with van der Waals surface area (Å²) in [4.78, 5) is 25.2. The highest BCUT2D eigenvalue weighted by Gasteiger charge is 2.23. The van der Waals surface area contributed by atoms with Gasteiger partial charge in [-0.15, -0.1) is 11.8 Å². The second-order valence-electron chi connectivity index (χ2n) is 5.44. The molecule has 0 heterocycles. The molecule has 0 fully saturated rings. The minimum atomic E-state index is -0.397. The van der Waals surface area contributed by atoms with Gasteiger partial charge in [0.15, 0.2) is 0 Å². The number of benzene rings is 2. The summed E-state index contributed by atoms with van der Waals surface area (Å²) in [6.45, 7) is 3.96. The second-order valence-corrected chi connectivity index (χ2v) is 6.29. The number of methoxy groups -OCH3 is 1. The molecule has 132 valence electrons. The number of esters is 2. The zero-order chi connectivity index (χ0) is 18.4. The first-order valence-electron chi connectivity index (χ1n) is 8.03. The van der Waals surface area contributed by atoms with Crippen molar-refractivity contribution in [1.82, 2.24) is 0 Å². The van der Waals surface area contributed by atoms with E-state index in [-0.39, 0.29) is 12.4 Å². The van der Waals surface area contributed by atoms with E-state index in [1.165, 1.54) is 18.9 Å². The van der Waals surface area contributed by atoms with Crippen molar-refractivity contribution in [2.75, 3.05) is 20.0 Å². The molecule has 0 atom stereocenters. The maximum absolute atomic E-state index is 12.3. The normalized spacial score (nSPS) is 10.4. The molecule has 2 aromatic rings. The van der Waals surface area contributed by atoms with Crippen molar-refractivity contribution in [2.45, 2.75) is 25.2 Å². The van der Waals surface area contributed by atoms with Gasteiger partial charge in [0.25, 0.3) is 0 Å². The minimum Gasteiger partial charge on any atom is -0.466 e. The van der Waals surface area contributed by atoms with Gasteiger partial charge in [0.1, 0.15) is 0 Å². The highest BCUT2D eigenvalue weighted by molar-refractivity contribution is 7.98. The van der Waals surface area contributed by atoms with Gasteiger partial charge in [0.05, 0.1) is 25.7 Å². The van der Waals surface area contributed by atoms with Gasteiger partial charge >= 0.3 is 11.9 Å². The molecule has 0 aromatic heterocycles. The number of hydrogen-bond acceptors (Lipinski definition) is 5. The van der Waals surface area contributed by atoms with Crippen molar-refractivity contribution in [1.29, 1.82) is 0 Å². The van der Waals surface area contributed by atoms with Crippen LogP contribution < -0.4 is 0 Å². The van der Waals surface area contributed by atoms with Crippen LogP contribution in [-0.2, 0) is 20.7 Å². The van der Waals surface area contributed by atoms with E-state index in [9.17, 15) is 9.59 Å². The van der Waals surface area contributed by atoms with Crippen molar-refractivity contribution in [3.05, 3.63) is 53.1 Å². The molecule has 0 radical (unpaired) electrons. The average Bonchev–Trinajstić information content (AvgIpc) is 2.63. The zero-order valence-corrected chi connectivity index (χ0v) is 15.7. The van der Waals surface area contributed by atoms with Crippen molar-refractivity contribution < 1.29 is 19.1 Å². The molecular formula is C20H22O4S. The number of hydrogen-bond donors (Lipinski definition) is 0. The molecule has 0 amide bonds. The third-order valence-corrected chi connectivity index (χ3v) is 4.76. The zero-order valence-electron chi connectivity index (χ0n) is 14.9. The van der Waals surface area contributed by atoms with E-state index in [0.717, 1.165) is 27.1 Å². The Kier molecular flexibility index (Phi) is 6.65. The van der Waals surface area contributed by atoms with Crippen LogP contribution in [0.3, 0.4) is 0 Å². The molecule has 0 aliphatic heterocycles. The molecule has 0 spiro atoms. The summed E-state index contributed by atoms with van der Waals surface area (Å²) >= 11 is 1.48. The molecule has 2 aromatic carbocycles. The second kappa shape index (κ2) is 8.72. The molecule has 0 saturated heterocycles. The van der Waals surface area contributed by atoms with Gasteiger partial charge in [-0.25, -0.2) is 4.79 Å². The molecule has 4 nitrogen and oxygen atoms in total. The van der Waals surface area contributed by atoms with Gasteiger partial charge in [0.2, 0.25) is 0 Å². The number of ether oxygens (including phenoxy) is 2. The van der Waals surface area contributed by atoms with Crippen LogP contribution in [0.4, 0.5) is 0 Å². The van der Waals surface area contributed by atoms with Crippen LogP contribution in [0.2, 0.25) is 0 Å². The predicted molar refractivity (Wildman–Crippen MR) is 100 cm³/mol. The van der Waals surface area contributed by atoms with Gasteiger partial charge in [0, 0.05) is 4.90 Å². The molecule has 25 heavy (non-hydrogen) atoms. The van der Waals surface area contributed by atoms with Crippen LogP contribution in [0.15, 0.2) is 41.3 Å². The summed E-state index contributed by atoms with van der Waals surface area (Å²) < 4.78 is 10.1. The molecular weight excluding hydrogens is 336 g/mol. The van der Waals surface area contributed by atoms with E-state index < -0.39 is 5.97 Å². The van der Waals surface area contributed by atoms with Crippen LogP contribution in [0.5, 0.6) is 0 Å². The monoisotopic (exact) mass is 358 g/mol. The topological polar surface area (TPSA) is 52.6 Å².